The van der Waals surface area contributed by atoms with Crippen LogP contribution in [-0.2, 0) is 14.8 Å². The van der Waals surface area contributed by atoms with E-state index in [0.717, 1.165) is 58.3 Å². The molecule has 0 atom stereocenters. The van der Waals surface area contributed by atoms with E-state index in [1.165, 1.54) is 6.20 Å². The zero-order valence-electron chi connectivity index (χ0n) is 14.5. The number of anilines is 1. The van der Waals surface area contributed by atoms with Crippen LogP contribution in [-0.4, -0.2) is 50.6 Å². The van der Waals surface area contributed by atoms with Gasteiger partial charge < -0.3 is 10.1 Å². The second-order valence-corrected chi connectivity index (χ2v) is 8.03. The van der Waals surface area contributed by atoms with Gasteiger partial charge in [0, 0.05) is 39.0 Å². The standard InChI is InChI=1S/C17H29N3O3S/c1-2-3-13-23-14-7-10-18-17-9-8-16(15-19-17)24(21,22)20-11-5-4-6-12-20/h8-9,15H,2-7,10-14H2,1H3,(H,18,19). The molecule has 1 aliphatic rings. The molecule has 6 nitrogen and oxygen atoms in total. The number of unbranched alkanes of at least 4 members (excludes halogenated alkanes) is 1. The van der Waals surface area contributed by atoms with Gasteiger partial charge in [-0.05, 0) is 37.8 Å². The van der Waals surface area contributed by atoms with Crippen molar-refractivity contribution in [1.82, 2.24) is 9.29 Å². The molecule has 0 saturated carbocycles. The van der Waals surface area contributed by atoms with Gasteiger partial charge in [-0.3, -0.25) is 0 Å². The fraction of sp³-hybridized carbons (Fsp3) is 0.706. The maximum absolute atomic E-state index is 12.5. The molecule has 2 heterocycles. The summed E-state index contributed by atoms with van der Waals surface area (Å²) in [6.07, 6.45) is 7.58. The normalized spacial score (nSPS) is 16.2. The van der Waals surface area contributed by atoms with Gasteiger partial charge in [0.05, 0.1) is 0 Å². The molecule has 0 unspecified atom stereocenters. The Kier molecular flexibility index (Phi) is 7.94. The van der Waals surface area contributed by atoms with Crippen molar-refractivity contribution in [2.45, 2.75) is 50.3 Å². The molecule has 0 spiro atoms. The third-order valence-corrected chi connectivity index (χ3v) is 5.99. The van der Waals surface area contributed by atoms with Gasteiger partial charge in [0.25, 0.3) is 0 Å². The number of nitrogens with zero attached hydrogens (tertiary/aromatic N) is 2. The Balaban J connectivity index is 1.78. The average molecular weight is 356 g/mol. The van der Waals surface area contributed by atoms with Gasteiger partial charge in [-0.15, -0.1) is 0 Å². The van der Waals surface area contributed by atoms with E-state index >= 15 is 0 Å². The zero-order chi connectivity index (χ0) is 17.3. The molecular weight excluding hydrogens is 326 g/mol. The average Bonchev–Trinajstić information content (AvgIpc) is 2.62. The first-order valence-electron chi connectivity index (χ1n) is 8.92. The van der Waals surface area contributed by atoms with Gasteiger partial charge in [-0.1, -0.05) is 19.8 Å². The molecule has 0 bridgehead atoms. The van der Waals surface area contributed by atoms with Crippen molar-refractivity contribution in [2.75, 3.05) is 38.2 Å². The van der Waals surface area contributed by atoms with E-state index in [9.17, 15) is 8.42 Å². The SMILES string of the molecule is CCCCOCCCNc1ccc(S(=O)(=O)N2CCCCC2)cn1. The fourth-order valence-electron chi connectivity index (χ4n) is 2.63. The maximum atomic E-state index is 12.5. The van der Waals surface area contributed by atoms with E-state index in [-0.39, 0.29) is 4.90 Å². The third-order valence-electron chi connectivity index (χ3n) is 4.10. The minimum absolute atomic E-state index is 0.276. The molecule has 7 heteroatoms. The predicted octanol–water partition coefficient (Wildman–Crippen LogP) is 2.87. The summed E-state index contributed by atoms with van der Waals surface area (Å²) in [5, 5.41) is 3.19. The summed E-state index contributed by atoms with van der Waals surface area (Å²) >= 11 is 0. The first-order valence-corrected chi connectivity index (χ1v) is 10.4. The Morgan fingerprint density at radius 2 is 1.92 bits per heavy atom. The molecule has 1 aliphatic heterocycles. The predicted molar refractivity (Wildman–Crippen MR) is 95.7 cm³/mol. The summed E-state index contributed by atoms with van der Waals surface area (Å²) in [4.78, 5) is 4.51. The Labute approximate surface area is 145 Å². The lowest BCUT2D eigenvalue weighted by atomic mass is 10.2. The van der Waals surface area contributed by atoms with Gasteiger partial charge in [-0.2, -0.15) is 4.31 Å². The highest BCUT2D eigenvalue weighted by atomic mass is 32.2. The number of aromatic nitrogens is 1. The van der Waals surface area contributed by atoms with Crippen molar-refractivity contribution in [3.63, 3.8) is 0 Å². The number of piperidine rings is 1. The Hall–Kier alpha value is -1.18. The van der Waals surface area contributed by atoms with Crippen molar-refractivity contribution in [3.8, 4) is 0 Å². The van der Waals surface area contributed by atoms with Crippen molar-refractivity contribution in [3.05, 3.63) is 18.3 Å². The quantitative estimate of drug-likeness (QED) is 0.654. The zero-order valence-corrected chi connectivity index (χ0v) is 15.4. The van der Waals surface area contributed by atoms with E-state index in [1.54, 1.807) is 16.4 Å². The van der Waals surface area contributed by atoms with Gasteiger partial charge in [0.15, 0.2) is 0 Å². The maximum Gasteiger partial charge on any atom is 0.244 e. The van der Waals surface area contributed by atoms with E-state index < -0.39 is 10.0 Å². The summed E-state index contributed by atoms with van der Waals surface area (Å²) in [6.45, 7) is 5.68. The number of sulfonamides is 1. The van der Waals surface area contributed by atoms with Gasteiger partial charge in [0.1, 0.15) is 10.7 Å². The third kappa shape index (κ3) is 5.72. The van der Waals surface area contributed by atoms with E-state index in [2.05, 4.69) is 17.2 Å². The summed E-state index contributed by atoms with van der Waals surface area (Å²) in [5.74, 6) is 0.696. The molecule has 1 aromatic rings. The van der Waals surface area contributed by atoms with Crippen molar-refractivity contribution >= 4 is 15.8 Å². The lowest BCUT2D eigenvalue weighted by Gasteiger charge is -2.25. The number of pyridine rings is 1. The summed E-state index contributed by atoms with van der Waals surface area (Å²) < 4.78 is 32.1. The Morgan fingerprint density at radius 3 is 2.58 bits per heavy atom. The first kappa shape index (κ1) is 19.1. The molecule has 1 fully saturated rings. The molecule has 1 N–H and O–H groups in total. The van der Waals surface area contributed by atoms with Crippen LogP contribution in [0.4, 0.5) is 5.82 Å². The van der Waals surface area contributed by atoms with Crippen LogP contribution in [0, 0.1) is 0 Å². The fourth-order valence-corrected chi connectivity index (χ4v) is 4.09. The summed E-state index contributed by atoms with van der Waals surface area (Å²) in [6, 6.07) is 3.37. The van der Waals surface area contributed by atoms with Crippen LogP contribution in [0.1, 0.15) is 45.4 Å². The van der Waals surface area contributed by atoms with Crippen LogP contribution in [0.15, 0.2) is 23.2 Å². The van der Waals surface area contributed by atoms with Crippen molar-refractivity contribution in [1.29, 1.82) is 0 Å². The van der Waals surface area contributed by atoms with E-state index in [1.807, 2.05) is 0 Å². The number of hydrogen-bond donors (Lipinski definition) is 1. The molecule has 1 saturated heterocycles. The van der Waals surface area contributed by atoms with Crippen molar-refractivity contribution in [2.24, 2.45) is 0 Å². The Morgan fingerprint density at radius 1 is 1.17 bits per heavy atom. The second kappa shape index (κ2) is 9.96. The smallest absolute Gasteiger partial charge is 0.244 e. The van der Waals surface area contributed by atoms with E-state index in [4.69, 9.17) is 4.74 Å². The number of nitrogens with one attached hydrogen (secondary N) is 1. The van der Waals surface area contributed by atoms with Crippen LogP contribution in [0.2, 0.25) is 0 Å². The molecule has 0 aromatic carbocycles. The van der Waals surface area contributed by atoms with E-state index in [0.29, 0.717) is 18.9 Å². The highest BCUT2D eigenvalue weighted by Gasteiger charge is 2.25. The van der Waals surface area contributed by atoms with Crippen LogP contribution in [0.25, 0.3) is 0 Å². The highest BCUT2D eigenvalue weighted by molar-refractivity contribution is 7.89. The Bertz CT molecular complexity index is 569. The first-order chi connectivity index (χ1) is 11.6. The van der Waals surface area contributed by atoms with Crippen LogP contribution in [0.3, 0.4) is 0 Å². The van der Waals surface area contributed by atoms with Gasteiger partial charge in [-0.25, -0.2) is 13.4 Å². The minimum Gasteiger partial charge on any atom is -0.381 e. The van der Waals surface area contributed by atoms with Crippen LogP contribution >= 0.6 is 0 Å². The number of ether oxygens (including phenoxy) is 1. The molecule has 136 valence electrons. The number of rotatable bonds is 10. The van der Waals surface area contributed by atoms with Crippen LogP contribution in [0.5, 0.6) is 0 Å². The molecule has 0 radical (unpaired) electrons. The molecule has 0 amide bonds. The second-order valence-electron chi connectivity index (χ2n) is 6.09. The number of hydrogen-bond acceptors (Lipinski definition) is 5. The lowest BCUT2D eigenvalue weighted by Crippen LogP contribution is -2.35. The van der Waals surface area contributed by atoms with Crippen molar-refractivity contribution < 1.29 is 13.2 Å². The molecule has 0 aliphatic carbocycles. The molecule has 2 rings (SSSR count). The summed E-state index contributed by atoms with van der Waals surface area (Å²) in [7, 11) is -3.39. The minimum atomic E-state index is -3.39. The van der Waals surface area contributed by atoms with Gasteiger partial charge >= 0.3 is 0 Å². The van der Waals surface area contributed by atoms with Gasteiger partial charge in [0.2, 0.25) is 10.0 Å². The molecular formula is C17H29N3O3S. The molecule has 1 aromatic heterocycles. The highest BCUT2D eigenvalue weighted by Crippen LogP contribution is 2.20. The lowest BCUT2D eigenvalue weighted by molar-refractivity contribution is 0.131. The van der Waals surface area contributed by atoms with Crippen LogP contribution < -0.4 is 5.32 Å². The molecule has 24 heavy (non-hydrogen) atoms. The topological polar surface area (TPSA) is 71.5 Å². The largest absolute Gasteiger partial charge is 0.381 e. The summed E-state index contributed by atoms with van der Waals surface area (Å²) in [5.41, 5.74) is 0. The monoisotopic (exact) mass is 355 g/mol.